The molecule has 168 valence electrons. The van der Waals surface area contributed by atoms with Crippen molar-refractivity contribution in [2.45, 2.75) is 6.61 Å². The highest BCUT2D eigenvalue weighted by Crippen LogP contribution is 2.38. The number of hydrogen-bond acceptors (Lipinski definition) is 5. The van der Waals surface area contributed by atoms with Gasteiger partial charge in [0.1, 0.15) is 12.4 Å². The fourth-order valence-corrected chi connectivity index (χ4v) is 6.70. The summed E-state index contributed by atoms with van der Waals surface area (Å²) in [5.74, 6) is 0.753. The lowest BCUT2D eigenvalue weighted by Crippen LogP contribution is -2.27. The van der Waals surface area contributed by atoms with Gasteiger partial charge in [0.2, 0.25) is 0 Å². The van der Waals surface area contributed by atoms with Crippen molar-refractivity contribution in [3.63, 3.8) is 0 Å². The Morgan fingerprint density at radius 2 is 1.67 bits per heavy atom. The van der Waals surface area contributed by atoms with Gasteiger partial charge in [0, 0.05) is 19.8 Å². The van der Waals surface area contributed by atoms with E-state index >= 15 is 0 Å². The normalized spacial score (nSPS) is 14.8. The van der Waals surface area contributed by atoms with Crippen LogP contribution in [0, 0.1) is 7.14 Å². The molecule has 0 spiro atoms. The first-order valence-corrected chi connectivity index (χ1v) is 13.4. The summed E-state index contributed by atoms with van der Waals surface area (Å²) < 4.78 is 8.61. The van der Waals surface area contributed by atoms with Crippen molar-refractivity contribution < 1.29 is 9.53 Å². The van der Waals surface area contributed by atoms with E-state index in [0.29, 0.717) is 15.8 Å². The molecule has 0 aromatic heterocycles. The van der Waals surface area contributed by atoms with Gasteiger partial charge in [-0.25, -0.2) is 0 Å². The van der Waals surface area contributed by atoms with Crippen LogP contribution >= 0.6 is 69.2 Å². The topological polar surface area (TPSA) is 32.8 Å². The molecule has 4 rings (SSSR count). The van der Waals surface area contributed by atoms with E-state index in [2.05, 4.69) is 45.2 Å². The molecular weight excluding hydrogens is 678 g/mol. The Morgan fingerprint density at radius 3 is 2.27 bits per heavy atom. The van der Waals surface area contributed by atoms with E-state index in [-0.39, 0.29) is 5.91 Å². The quantitative estimate of drug-likeness (QED) is 0.158. The number of benzene rings is 3. The van der Waals surface area contributed by atoms with Crippen molar-refractivity contribution in [3.8, 4) is 5.75 Å². The second-order valence-electron chi connectivity index (χ2n) is 7.52. The Hall–Kier alpha value is -1.63. The van der Waals surface area contributed by atoms with Gasteiger partial charge >= 0.3 is 0 Å². The van der Waals surface area contributed by atoms with Gasteiger partial charge < -0.3 is 9.64 Å². The van der Waals surface area contributed by atoms with Gasteiger partial charge in [0.15, 0.2) is 4.32 Å². The zero-order valence-electron chi connectivity index (χ0n) is 17.9. The van der Waals surface area contributed by atoms with Crippen molar-refractivity contribution in [2.24, 2.45) is 0 Å². The SMILES string of the molecule is CN(C)c1ccc(N2C(=O)/C(=C\c3cc(I)c(OCc4ccccc4)c(I)c3)SC2=S)cc1. The molecule has 0 bridgehead atoms. The number of ether oxygens (including phenoxy) is 1. The van der Waals surface area contributed by atoms with Gasteiger partial charge in [0.25, 0.3) is 5.91 Å². The van der Waals surface area contributed by atoms with Gasteiger partial charge in [-0.15, -0.1) is 0 Å². The third-order valence-corrected chi connectivity index (χ3v) is 7.87. The lowest BCUT2D eigenvalue weighted by atomic mass is 10.2. The highest BCUT2D eigenvalue weighted by Gasteiger charge is 2.33. The van der Waals surface area contributed by atoms with Crippen LogP contribution in [-0.4, -0.2) is 24.3 Å². The van der Waals surface area contributed by atoms with E-state index in [1.54, 1.807) is 4.90 Å². The van der Waals surface area contributed by atoms with Gasteiger partial charge in [-0.3, -0.25) is 9.69 Å². The molecule has 8 heteroatoms. The Morgan fingerprint density at radius 1 is 1.03 bits per heavy atom. The third-order valence-electron chi connectivity index (χ3n) is 4.96. The largest absolute Gasteiger partial charge is 0.487 e. The number of thioether (sulfide) groups is 1. The predicted octanol–water partition coefficient (Wildman–Crippen LogP) is 6.95. The van der Waals surface area contributed by atoms with Crippen molar-refractivity contribution in [2.75, 3.05) is 23.9 Å². The number of anilines is 2. The van der Waals surface area contributed by atoms with Crippen LogP contribution in [0.4, 0.5) is 11.4 Å². The van der Waals surface area contributed by atoms with Crippen molar-refractivity contribution in [1.29, 1.82) is 0 Å². The minimum absolute atomic E-state index is 0.1000. The van der Waals surface area contributed by atoms with E-state index in [9.17, 15) is 4.79 Å². The fraction of sp³-hybridized carbons (Fsp3) is 0.120. The van der Waals surface area contributed by atoms with Crippen LogP contribution in [0.1, 0.15) is 11.1 Å². The molecule has 1 aliphatic heterocycles. The molecule has 1 saturated heterocycles. The molecule has 0 N–H and O–H groups in total. The maximum absolute atomic E-state index is 13.1. The second kappa shape index (κ2) is 10.7. The monoisotopic (exact) mass is 698 g/mol. The number of rotatable bonds is 6. The Balaban J connectivity index is 1.53. The summed E-state index contributed by atoms with van der Waals surface area (Å²) in [6.07, 6.45) is 1.90. The van der Waals surface area contributed by atoms with Crippen molar-refractivity contribution >= 4 is 96.8 Å². The lowest BCUT2D eigenvalue weighted by Gasteiger charge is -2.17. The maximum atomic E-state index is 13.1. The summed E-state index contributed by atoms with van der Waals surface area (Å²) in [4.78, 5) is 17.4. The molecule has 1 aliphatic rings. The van der Waals surface area contributed by atoms with E-state index in [0.717, 1.165) is 35.4 Å². The average Bonchev–Trinajstić information content (AvgIpc) is 3.06. The van der Waals surface area contributed by atoms with Gasteiger partial charge in [-0.1, -0.05) is 54.3 Å². The van der Waals surface area contributed by atoms with Crippen LogP contribution in [0.5, 0.6) is 5.75 Å². The number of amides is 1. The summed E-state index contributed by atoms with van der Waals surface area (Å²) in [7, 11) is 3.97. The van der Waals surface area contributed by atoms with Crippen molar-refractivity contribution in [3.05, 3.63) is 89.9 Å². The zero-order chi connectivity index (χ0) is 23.5. The Labute approximate surface area is 230 Å². The minimum Gasteiger partial charge on any atom is -0.487 e. The molecule has 3 aromatic carbocycles. The molecule has 33 heavy (non-hydrogen) atoms. The van der Waals surface area contributed by atoms with Gasteiger partial charge in [-0.05, 0) is 98.8 Å². The summed E-state index contributed by atoms with van der Waals surface area (Å²) in [6.45, 7) is 0.511. The van der Waals surface area contributed by atoms with E-state index < -0.39 is 0 Å². The van der Waals surface area contributed by atoms with Crippen LogP contribution in [-0.2, 0) is 11.4 Å². The fourth-order valence-electron chi connectivity index (χ4n) is 3.27. The Bertz CT molecular complexity index is 1210. The molecule has 1 heterocycles. The van der Waals surface area contributed by atoms with Crippen LogP contribution in [0.25, 0.3) is 6.08 Å². The minimum atomic E-state index is -0.1000. The molecule has 0 saturated carbocycles. The molecule has 4 nitrogen and oxygen atoms in total. The Kier molecular flexibility index (Phi) is 7.98. The lowest BCUT2D eigenvalue weighted by molar-refractivity contribution is -0.113. The molecule has 0 atom stereocenters. The smallest absolute Gasteiger partial charge is 0.270 e. The summed E-state index contributed by atoms with van der Waals surface area (Å²) in [5.41, 5.74) is 3.91. The number of carbonyl (C=O) groups excluding carboxylic acids is 1. The standard InChI is InChI=1S/C25H20I2N2O2S2/c1-28(2)18-8-10-19(11-9-18)29-24(30)22(33-25(29)32)14-17-12-20(26)23(21(27)13-17)31-15-16-6-4-3-5-7-16/h3-14H,15H2,1-2H3/b22-14+. The molecule has 3 aromatic rings. The molecule has 0 radical (unpaired) electrons. The first-order chi connectivity index (χ1) is 15.8. The van der Waals surface area contributed by atoms with Gasteiger partial charge in [-0.2, -0.15) is 0 Å². The number of nitrogens with zero attached hydrogens (tertiary/aromatic N) is 2. The zero-order valence-corrected chi connectivity index (χ0v) is 23.9. The molecule has 0 unspecified atom stereocenters. The molecule has 0 aliphatic carbocycles. The van der Waals surface area contributed by atoms with Crippen LogP contribution in [0.3, 0.4) is 0 Å². The molecule has 1 fully saturated rings. The van der Waals surface area contributed by atoms with E-state index in [4.69, 9.17) is 17.0 Å². The predicted molar refractivity (Wildman–Crippen MR) is 159 cm³/mol. The first kappa shape index (κ1) is 24.5. The highest BCUT2D eigenvalue weighted by atomic mass is 127. The first-order valence-electron chi connectivity index (χ1n) is 10.0. The maximum Gasteiger partial charge on any atom is 0.270 e. The van der Waals surface area contributed by atoms with Crippen LogP contribution in [0.15, 0.2) is 71.6 Å². The number of halogens is 2. The van der Waals surface area contributed by atoms with Gasteiger partial charge in [0.05, 0.1) is 17.7 Å². The summed E-state index contributed by atoms with van der Waals surface area (Å²) >= 11 is 11.4. The number of carbonyl (C=O) groups is 1. The number of hydrogen-bond donors (Lipinski definition) is 0. The average molecular weight is 698 g/mol. The van der Waals surface area contributed by atoms with Crippen LogP contribution in [0.2, 0.25) is 0 Å². The third kappa shape index (κ3) is 5.72. The summed E-state index contributed by atoms with van der Waals surface area (Å²) in [5, 5.41) is 0. The summed E-state index contributed by atoms with van der Waals surface area (Å²) in [6, 6.07) is 22.0. The number of thiocarbonyl (C=S) groups is 1. The van der Waals surface area contributed by atoms with E-state index in [1.165, 1.54) is 11.8 Å². The molecular formula is C25H20I2N2O2S2. The highest BCUT2D eigenvalue weighted by molar-refractivity contribution is 14.1. The van der Waals surface area contributed by atoms with Crippen LogP contribution < -0.4 is 14.5 Å². The van der Waals surface area contributed by atoms with E-state index in [1.807, 2.05) is 91.8 Å². The molecule has 1 amide bonds. The second-order valence-corrected chi connectivity index (χ2v) is 11.5. The van der Waals surface area contributed by atoms with Crippen molar-refractivity contribution in [1.82, 2.24) is 0 Å².